The molecule has 0 radical (unpaired) electrons. The Kier molecular flexibility index (Phi) is 9.37. The molecule has 160 valence electrons. The summed E-state index contributed by atoms with van der Waals surface area (Å²) in [4.78, 5) is 34.5. The molecule has 0 aliphatic rings. The van der Waals surface area contributed by atoms with Crippen molar-refractivity contribution in [2.45, 2.75) is 19.8 Å². The molecule has 0 N–H and O–H groups in total. The molecule has 0 saturated carbocycles. The molecule has 0 atom stereocenters. The third-order valence-electron chi connectivity index (χ3n) is 3.78. The van der Waals surface area contributed by atoms with Gasteiger partial charge in [0.25, 0.3) is 0 Å². The van der Waals surface area contributed by atoms with Crippen LogP contribution >= 0.6 is 0 Å². The van der Waals surface area contributed by atoms with Gasteiger partial charge >= 0.3 is 17.9 Å². The molecular weight excluding hydrogens is 400 g/mol. The first-order valence-corrected chi connectivity index (χ1v) is 9.50. The zero-order valence-corrected chi connectivity index (χ0v) is 17.1. The van der Waals surface area contributed by atoms with E-state index in [4.69, 9.17) is 18.9 Å². The fourth-order valence-electron chi connectivity index (χ4n) is 2.29. The van der Waals surface area contributed by atoms with E-state index < -0.39 is 17.9 Å². The Bertz CT molecular complexity index is 964. The van der Waals surface area contributed by atoms with Crippen LogP contribution in [0.2, 0.25) is 0 Å². The third kappa shape index (κ3) is 8.46. The third-order valence-corrected chi connectivity index (χ3v) is 3.78. The van der Waals surface area contributed by atoms with Crippen LogP contribution in [0.3, 0.4) is 0 Å². The monoisotopic (exact) mass is 422 g/mol. The number of ether oxygens (including phenoxy) is 4. The topological polar surface area (TPSA) is 88.1 Å². The molecule has 7 nitrogen and oxygen atoms in total. The van der Waals surface area contributed by atoms with Crippen molar-refractivity contribution >= 4 is 17.9 Å². The average molecular weight is 422 g/mol. The van der Waals surface area contributed by atoms with E-state index in [-0.39, 0.29) is 0 Å². The molecule has 7 heteroatoms. The molecule has 0 aromatic heterocycles. The maximum Gasteiger partial charge on any atom is 0.389 e. The first-order chi connectivity index (χ1) is 15.0. The van der Waals surface area contributed by atoms with Gasteiger partial charge in [0.05, 0.1) is 18.8 Å². The lowest BCUT2D eigenvalue weighted by molar-refractivity contribution is -0.137. The fourth-order valence-corrected chi connectivity index (χ4v) is 2.29. The average Bonchev–Trinajstić information content (AvgIpc) is 2.77. The Morgan fingerprint density at radius 2 is 1.45 bits per heavy atom. The highest BCUT2D eigenvalue weighted by Gasteiger charge is 2.09. The lowest BCUT2D eigenvalue weighted by Gasteiger charge is -2.08. The number of esters is 3. The summed E-state index contributed by atoms with van der Waals surface area (Å²) < 4.78 is 20.8. The molecule has 2 aromatic rings. The quantitative estimate of drug-likeness (QED) is 0.144. The SMILES string of the molecule is C=CC(=O)OCCCCOc1ccc(C(=O)Oc2ccc(OC(=O)C#CC)cc2)cc1. The van der Waals surface area contributed by atoms with Gasteiger partial charge in [0.15, 0.2) is 0 Å². The van der Waals surface area contributed by atoms with E-state index in [0.717, 1.165) is 6.08 Å². The van der Waals surface area contributed by atoms with Crippen LogP contribution < -0.4 is 14.2 Å². The zero-order chi connectivity index (χ0) is 22.5. The summed E-state index contributed by atoms with van der Waals surface area (Å²) in [5.74, 6) is 4.31. The van der Waals surface area contributed by atoms with Gasteiger partial charge in [-0.25, -0.2) is 14.4 Å². The predicted molar refractivity (Wildman–Crippen MR) is 113 cm³/mol. The number of carbonyl (C=O) groups excluding carboxylic acids is 3. The second-order valence-electron chi connectivity index (χ2n) is 6.08. The molecule has 0 heterocycles. The number of unbranched alkanes of at least 4 members (excludes halogenated alkanes) is 1. The van der Waals surface area contributed by atoms with Gasteiger partial charge in [-0.1, -0.05) is 12.5 Å². The van der Waals surface area contributed by atoms with Crippen LogP contribution in [-0.4, -0.2) is 31.1 Å². The molecule has 0 bridgehead atoms. The molecule has 0 aliphatic carbocycles. The number of rotatable bonds is 10. The van der Waals surface area contributed by atoms with E-state index in [1.807, 2.05) is 0 Å². The highest BCUT2D eigenvalue weighted by atomic mass is 16.5. The molecule has 2 rings (SSSR count). The van der Waals surface area contributed by atoms with Crippen molar-refractivity contribution in [3.8, 4) is 29.1 Å². The summed E-state index contributed by atoms with van der Waals surface area (Å²) in [6, 6.07) is 12.6. The smallest absolute Gasteiger partial charge is 0.389 e. The second kappa shape index (κ2) is 12.5. The van der Waals surface area contributed by atoms with Crippen LogP contribution in [0.4, 0.5) is 0 Å². The second-order valence-corrected chi connectivity index (χ2v) is 6.08. The normalized spacial score (nSPS) is 9.58. The van der Waals surface area contributed by atoms with Crippen molar-refractivity contribution in [3.05, 3.63) is 66.7 Å². The van der Waals surface area contributed by atoms with Crippen LogP contribution in [0.15, 0.2) is 61.2 Å². The number of hydrogen-bond donors (Lipinski definition) is 0. The highest BCUT2D eigenvalue weighted by molar-refractivity contribution is 5.91. The minimum absolute atomic E-state index is 0.299. The highest BCUT2D eigenvalue weighted by Crippen LogP contribution is 2.20. The fraction of sp³-hybridized carbons (Fsp3) is 0.208. The Morgan fingerprint density at radius 1 is 0.871 bits per heavy atom. The Labute approximate surface area is 180 Å². The largest absolute Gasteiger partial charge is 0.494 e. The molecule has 0 unspecified atom stereocenters. The summed E-state index contributed by atoms with van der Waals surface area (Å²) >= 11 is 0. The van der Waals surface area contributed by atoms with Gasteiger partial charge in [0.2, 0.25) is 0 Å². The first kappa shape index (κ1) is 23.2. The van der Waals surface area contributed by atoms with E-state index in [0.29, 0.717) is 48.9 Å². The summed E-state index contributed by atoms with van der Waals surface area (Å²) in [6.07, 6.45) is 2.51. The molecule has 0 fully saturated rings. The molecule has 31 heavy (non-hydrogen) atoms. The summed E-state index contributed by atoms with van der Waals surface area (Å²) in [5.41, 5.74) is 0.359. The predicted octanol–water partition coefficient (Wildman–Crippen LogP) is 3.72. The zero-order valence-electron chi connectivity index (χ0n) is 17.1. The maximum atomic E-state index is 12.3. The van der Waals surface area contributed by atoms with Crippen molar-refractivity contribution in [2.75, 3.05) is 13.2 Å². The van der Waals surface area contributed by atoms with Gasteiger partial charge in [0.1, 0.15) is 17.2 Å². The summed E-state index contributed by atoms with van der Waals surface area (Å²) in [7, 11) is 0. The Morgan fingerprint density at radius 3 is 2.06 bits per heavy atom. The van der Waals surface area contributed by atoms with Gasteiger partial charge in [-0.05, 0) is 68.3 Å². The van der Waals surface area contributed by atoms with Crippen LogP contribution in [0.1, 0.15) is 30.1 Å². The molecule has 0 saturated heterocycles. The van der Waals surface area contributed by atoms with Gasteiger partial charge in [-0.3, -0.25) is 0 Å². The standard InChI is InChI=1S/C24H22O7/c1-3-7-23(26)30-20-12-14-21(15-13-20)31-24(27)18-8-10-19(11-9-18)28-16-5-6-17-29-22(25)4-2/h4,8-15H,2,5-6,16-17H2,1H3. The lowest BCUT2D eigenvalue weighted by Crippen LogP contribution is -2.09. The van der Waals surface area contributed by atoms with E-state index in [1.165, 1.54) is 31.2 Å². The van der Waals surface area contributed by atoms with Gasteiger partial charge < -0.3 is 18.9 Å². The first-order valence-electron chi connectivity index (χ1n) is 9.50. The van der Waals surface area contributed by atoms with E-state index in [2.05, 4.69) is 18.4 Å². The van der Waals surface area contributed by atoms with Gasteiger partial charge in [0, 0.05) is 12.0 Å². The Balaban J connectivity index is 1.77. The summed E-state index contributed by atoms with van der Waals surface area (Å²) in [6.45, 7) is 5.63. The maximum absolute atomic E-state index is 12.3. The van der Waals surface area contributed by atoms with Crippen molar-refractivity contribution in [2.24, 2.45) is 0 Å². The van der Waals surface area contributed by atoms with E-state index in [9.17, 15) is 14.4 Å². The van der Waals surface area contributed by atoms with Crippen LogP contribution in [-0.2, 0) is 14.3 Å². The van der Waals surface area contributed by atoms with Crippen LogP contribution in [0.5, 0.6) is 17.2 Å². The molecule has 2 aromatic carbocycles. The molecular formula is C24H22O7. The number of benzene rings is 2. The molecule has 0 aliphatic heterocycles. The van der Waals surface area contributed by atoms with Crippen molar-refractivity contribution < 1.29 is 33.3 Å². The van der Waals surface area contributed by atoms with Crippen molar-refractivity contribution in [1.82, 2.24) is 0 Å². The van der Waals surface area contributed by atoms with Gasteiger partial charge in [-0.15, -0.1) is 0 Å². The van der Waals surface area contributed by atoms with E-state index in [1.54, 1.807) is 24.3 Å². The van der Waals surface area contributed by atoms with Crippen molar-refractivity contribution in [3.63, 3.8) is 0 Å². The molecule has 0 amide bonds. The van der Waals surface area contributed by atoms with Crippen LogP contribution in [0, 0.1) is 11.8 Å². The summed E-state index contributed by atoms with van der Waals surface area (Å²) in [5, 5.41) is 0. The van der Waals surface area contributed by atoms with Crippen molar-refractivity contribution in [1.29, 1.82) is 0 Å². The minimum Gasteiger partial charge on any atom is -0.494 e. The Hall–Kier alpha value is -4.05. The van der Waals surface area contributed by atoms with E-state index >= 15 is 0 Å². The number of hydrogen-bond acceptors (Lipinski definition) is 7. The lowest BCUT2D eigenvalue weighted by atomic mass is 10.2. The molecule has 0 spiro atoms. The van der Waals surface area contributed by atoms with Crippen LogP contribution in [0.25, 0.3) is 0 Å². The van der Waals surface area contributed by atoms with Gasteiger partial charge in [-0.2, -0.15) is 0 Å². The number of carbonyl (C=O) groups is 3. The minimum atomic E-state index is -0.661.